The molecule has 128 valence electrons. The summed E-state index contributed by atoms with van der Waals surface area (Å²) in [4.78, 5) is 22.1. The zero-order chi connectivity index (χ0) is 18.1. The summed E-state index contributed by atoms with van der Waals surface area (Å²) in [6.07, 6.45) is 0. The maximum atomic E-state index is 14.0. The van der Waals surface area contributed by atoms with Gasteiger partial charge in [-0.2, -0.15) is 4.39 Å². The number of aromatic nitrogens is 1. The maximum absolute atomic E-state index is 14.0. The van der Waals surface area contributed by atoms with Crippen molar-refractivity contribution in [3.05, 3.63) is 69.9 Å². The lowest BCUT2D eigenvalue weighted by Crippen LogP contribution is -2.11. The van der Waals surface area contributed by atoms with Crippen LogP contribution in [0, 0.1) is 21.7 Å². The summed E-state index contributed by atoms with van der Waals surface area (Å²) in [6.45, 7) is 1.76. The quantitative estimate of drug-likeness (QED) is 0.407. The predicted octanol–water partition coefficient (Wildman–Crippen LogP) is 3.99. The SMILES string of the molecule is CCOC(=O)c1cc2cc(F)ccc2n1-c1ccc([N+](=O)[O-])c(F)c1. The number of nitro groups is 1. The Kier molecular flexibility index (Phi) is 4.18. The van der Waals surface area contributed by atoms with E-state index in [-0.39, 0.29) is 18.0 Å². The van der Waals surface area contributed by atoms with Crippen molar-refractivity contribution in [2.75, 3.05) is 6.61 Å². The third kappa shape index (κ3) is 2.93. The Hall–Kier alpha value is -3.29. The van der Waals surface area contributed by atoms with E-state index in [1.54, 1.807) is 6.92 Å². The number of benzene rings is 2. The highest BCUT2D eigenvalue weighted by atomic mass is 19.1. The van der Waals surface area contributed by atoms with E-state index in [1.165, 1.54) is 34.9 Å². The lowest BCUT2D eigenvalue weighted by atomic mass is 10.2. The fourth-order valence-electron chi connectivity index (χ4n) is 2.60. The molecule has 3 aromatic rings. The van der Waals surface area contributed by atoms with E-state index in [0.29, 0.717) is 10.9 Å². The van der Waals surface area contributed by atoms with Crippen LogP contribution >= 0.6 is 0 Å². The highest BCUT2D eigenvalue weighted by Crippen LogP contribution is 2.28. The Morgan fingerprint density at radius 3 is 2.60 bits per heavy atom. The van der Waals surface area contributed by atoms with Crippen LogP contribution < -0.4 is 0 Å². The molecule has 0 fully saturated rings. The van der Waals surface area contributed by atoms with Crippen LogP contribution in [0.25, 0.3) is 16.6 Å². The van der Waals surface area contributed by atoms with E-state index in [0.717, 1.165) is 12.1 Å². The van der Waals surface area contributed by atoms with Gasteiger partial charge in [-0.3, -0.25) is 10.1 Å². The second-order valence-corrected chi connectivity index (χ2v) is 5.18. The third-order valence-electron chi connectivity index (χ3n) is 3.63. The van der Waals surface area contributed by atoms with Crippen molar-refractivity contribution in [1.82, 2.24) is 4.57 Å². The number of esters is 1. The highest BCUT2D eigenvalue weighted by molar-refractivity contribution is 5.97. The Labute approximate surface area is 140 Å². The maximum Gasteiger partial charge on any atom is 0.355 e. The smallest absolute Gasteiger partial charge is 0.355 e. The van der Waals surface area contributed by atoms with Crippen molar-refractivity contribution in [3.8, 4) is 5.69 Å². The fraction of sp³-hybridized carbons (Fsp3) is 0.118. The molecule has 0 radical (unpaired) electrons. The van der Waals surface area contributed by atoms with Gasteiger partial charge < -0.3 is 9.30 Å². The fourth-order valence-corrected chi connectivity index (χ4v) is 2.60. The van der Waals surface area contributed by atoms with Crippen LogP contribution in [0.15, 0.2) is 42.5 Å². The van der Waals surface area contributed by atoms with Crippen LogP contribution in [0.5, 0.6) is 0 Å². The van der Waals surface area contributed by atoms with Crippen molar-refractivity contribution in [1.29, 1.82) is 0 Å². The number of nitrogens with zero attached hydrogens (tertiary/aromatic N) is 2. The lowest BCUT2D eigenvalue weighted by Gasteiger charge is -2.10. The number of rotatable bonds is 4. The summed E-state index contributed by atoms with van der Waals surface area (Å²) in [5.41, 5.74) is 0.0186. The van der Waals surface area contributed by atoms with E-state index in [9.17, 15) is 23.7 Å². The Morgan fingerprint density at radius 2 is 1.96 bits per heavy atom. The van der Waals surface area contributed by atoms with E-state index in [1.807, 2.05) is 0 Å². The summed E-state index contributed by atoms with van der Waals surface area (Å²) >= 11 is 0. The highest BCUT2D eigenvalue weighted by Gasteiger charge is 2.21. The van der Waals surface area contributed by atoms with Gasteiger partial charge in [-0.25, -0.2) is 9.18 Å². The monoisotopic (exact) mass is 346 g/mol. The van der Waals surface area contributed by atoms with Crippen molar-refractivity contribution in [2.45, 2.75) is 6.92 Å². The molecule has 0 saturated heterocycles. The molecule has 2 aromatic carbocycles. The molecule has 0 aliphatic rings. The zero-order valence-corrected chi connectivity index (χ0v) is 13.0. The molecule has 6 nitrogen and oxygen atoms in total. The minimum absolute atomic E-state index is 0.0655. The van der Waals surface area contributed by atoms with Crippen LogP contribution in [0.4, 0.5) is 14.5 Å². The Balaban J connectivity index is 2.26. The number of hydrogen-bond donors (Lipinski definition) is 0. The first-order chi connectivity index (χ1) is 11.9. The number of halogens is 2. The van der Waals surface area contributed by atoms with E-state index < -0.39 is 28.2 Å². The molecule has 0 atom stereocenters. The van der Waals surface area contributed by atoms with Crippen LogP contribution in [0.2, 0.25) is 0 Å². The standard InChI is InChI=1S/C17H12F2N2O4/c1-2-25-17(22)16-8-10-7-11(18)3-5-14(10)20(16)12-4-6-15(21(23)24)13(19)9-12/h3-9H,2H2,1H3. The van der Waals surface area contributed by atoms with Crippen LogP contribution in [0.3, 0.4) is 0 Å². The van der Waals surface area contributed by atoms with E-state index in [4.69, 9.17) is 4.74 Å². The van der Waals surface area contributed by atoms with Gasteiger partial charge in [0.2, 0.25) is 5.82 Å². The molecule has 0 aliphatic carbocycles. The first-order valence-electron chi connectivity index (χ1n) is 7.34. The molecule has 1 aromatic heterocycles. The number of carbonyl (C=O) groups excluding carboxylic acids is 1. The summed E-state index contributed by atoms with van der Waals surface area (Å²) in [7, 11) is 0. The summed E-state index contributed by atoms with van der Waals surface area (Å²) < 4.78 is 33.8. The summed E-state index contributed by atoms with van der Waals surface area (Å²) in [6, 6.07) is 8.57. The molecular formula is C17H12F2N2O4. The second kappa shape index (κ2) is 6.31. The van der Waals surface area contributed by atoms with E-state index >= 15 is 0 Å². The second-order valence-electron chi connectivity index (χ2n) is 5.18. The van der Waals surface area contributed by atoms with Gasteiger partial charge in [0.15, 0.2) is 0 Å². The molecule has 0 saturated carbocycles. The van der Waals surface area contributed by atoms with Crippen LogP contribution in [-0.4, -0.2) is 22.1 Å². The number of hydrogen-bond acceptors (Lipinski definition) is 4. The van der Waals surface area contributed by atoms with Crippen molar-refractivity contribution in [2.24, 2.45) is 0 Å². The molecule has 8 heteroatoms. The molecule has 0 amide bonds. The molecular weight excluding hydrogens is 334 g/mol. The first kappa shape index (κ1) is 16.6. The summed E-state index contributed by atoms with van der Waals surface area (Å²) in [5, 5.41) is 11.2. The van der Waals surface area contributed by atoms with Gasteiger partial charge in [0.1, 0.15) is 11.5 Å². The third-order valence-corrected chi connectivity index (χ3v) is 3.63. The van der Waals surface area contributed by atoms with Gasteiger partial charge in [-0.15, -0.1) is 0 Å². The predicted molar refractivity (Wildman–Crippen MR) is 85.8 cm³/mol. The number of nitro benzene ring substituents is 1. The normalized spacial score (nSPS) is 10.8. The number of carbonyl (C=O) groups is 1. The molecule has 0 unspecified atom stereocenters. The van der Waals surface area contributed by atoms with Gasteiger partial charge in [0, 0.05) is 23.2 Å². The van der Waals surface area contributed by atoms with Crippen molar-refractivity contribution >= 4 is 22.6 Å². The van der Waals surface area contributed by atoms with Crippen molar-refractivity contribution < 1.29 is 23.2 Å². The molecule has 0 aliphatic heterocycles. The largest absolute Gasteiger partial charge is 0.461 e. The lowest BCUT2D eigenvalue weighted by molar-refractivity contribution is -0.387. The van der Waals surface area contributed by atoms with Crippen LogP contribution in [-0.2, 0) is 4.74 Å². The molecule has 3 rings (SSSR count). The van der Waals surface area contributed by atoms with Gasteiger partial charge in [0.05, 0.1) is 17.0 Å². The first-order valence-corrected chi connectivity index (χ1v) is 7.34. The van der Waals surface area contributed by atoms with Crippen molar-refractivity contribution in [3.63, 3.8) is 0 Å². The van der Waals surface area contributed by atoms with Crippen LogP contribution in [0.1, 0.15) is 17.4 Å². The average Bonchev–Trinajstić information content (AvgIpc) is 2.93. The topological polar surface area (TPSA) is 74.4 Å². The molecule has 0 spiro atoms. The Bertz CT molecular complexity index is 998. The zero-order valence-electron chi connectivity index (χ0n) is 13.0. The van der Waals surface area contributed by atoms with Gasteiger partial charge in [0.25, 0.3) is 0 Å². The van der Waals surface area contributed by atoms with Gasteiger partial charge >= 0.3 is 11.7 Å². The minimum atomic E-state index is -1.04. The molecule has 0 N–H and O–H groups in total. The molecule has 1 heterocycles. The van der Waals surface area contributed by atoms with E-state index in [2.05, 4.69) is 0 Å². The molecule has 0 bridgehead atoms. The molecule has 25 heavy (non-hydrogen) atoms. The average molecular weight is 346 g/mol. The minimum Gasteiger partial charge on any atom is -0.461 e. The summed E-state index contributed by atoms with van der Waals surface area (Å²) in [5.74, 6) is -2.20. The van der Waals surface area contributed by atoms with Gasteiger partial charge in [-0.1, -0.05) is 0 Å². The number of ether oxygens (including phenoxy) is 1. The number of fused-ring (bicyclic) bond motifs is 1. The van der Waals surface area contributed by atoms with Gasteiger partial charge in [-0.05, 0) is 37.3 Å². The Morgan fingerprint density at radius 1 is 1.20 bits per heavy atom.